The van der Waals surface area contributed by atoms with Crippen LogP contribution in [0.4, 0.5) is 0 Å². The molecule has 1 amide bonds. The predicted octanol–water partition coefficient (Wildman–Crippen LogP) is 2.29. The van der Waals surface area contributed by atoms with Crippen LogP contribution < -0.4 is 10.0 Å². The van der Waals surface area contributed by atoms with Crippen molar-refractivity contribution in [3.63, 3.8) is 0 Å². The Labute approximate surface area is 196 Å². The number of hydrogen-bond donors (Lipinski definition) is 2. The van der Waals surface area contributed by atoms with E-state index in [1.54, 1.807) is 62.4 Å². The third-order valence-corrected chi connectivity index (χ3v) is 8.86. The highest BCUT2D eigenvalue weighted by molar-refractivity contribution is 7.89. The van der Waals surface area contributed by atoms with Crippen LogP contribution in [0.1, 0.15) is 43.4 Å². The van der Waals surface area contributed by atoms with Gasteiger partial charge in [-0.2, -0.15) is 4.31 Å². The van der Waals surface area contributed by atoms with Crippen LogP contribution in [0, 0.1) is 6.92 Å². The van der Waals surface area contributed by atoms with E-state index in [0.29, 0.717) is 24.9 Å². The highest BCUT2D eigenvalue weighted by atomic mass is 32.2. The maximum Gasteiger partial charge on any atom is 0.243 e. The number of benzene rings is 2. The Morgan fingerprint density at radius 1 is 1.00 bits per heavy atom. The highest BCUT2D eigenvalue weighted by Crippen LogP contribution is 2.26. The zero-order chi connectivity index (χ0) is 24.2. The van der Waals surface area contributed by atoms with Crippen LogP contribution in [0.5, 0.6) is 0 Å². The van der Waals surface area contributed by atoms with Gasteiger partial charge >= 0.3 is 0 Å². The Kier molecular flexibility index (Phi) is 7.94. The highest BCUT2D eigenvalue weighted by Gasteiger charge is 2.39. The number of amides is 1. The first-order valence-corrected chi connectivity index (χ1v) is 14.0. The van der Waals surface area contributed by atoms with Crippen molar-refractivity contribution in [2.45, 2.75) is 62.9 Å². The monoisotopic (exact) mass is 493 g/mol. The zero-order valence-electron chi connectivity index (χ0n) is 19.1. The lowest BCUT2D eigenvalue weighted by Crippen LogP contribution is -2.45. The van der Waals surface area contributed by atoms with Crippen LogP contribution in [0.3, 0.4) is 0 Å². The second kappa shape index (κ2) is 10.3. The number of nitrogens with zero attached hydrogens (tertiary/aromatic N) is 1. The number of nitrogens with one attached hydrogen (secondary N) is 2. The van der Waals surface area contributed by atoms with Crippen LogP contribution in [-0.4, -0.2) is 45.7 Å². The van der Waals surface area contributed by atoms with Crippen LogP contribution in [0.25, 0.3) is 0 Å². The normalized spacial score (nSPS) is 17.4. The van der Waals surface area contributed by atoms with Crippen molar-refractivity contribution in [1.29, 1.82) is 0 Å². The van der Waals surface area contributed by atoms with Gasteiger partial charge in [-0.1, -0.05) is 42.0 Å². The van der Waals surface area contributed by atoms with Gasteiger partial charge in [0.2, 0.25) is 26.0 Å². The van der Waals surface area contributed by atoms with E-state index < -0.39 is 26.1 Å². The molecule has 0 saturated carbocycles. The molecule has 1 saturated heterocycles. The summed E-state index contributed by atoms with van der Waals surface area (Å²) in [6.07, 6.45) is 1.09. The van der Waals surface area contributed by atoms with Crippen molar-refractivity contribution in [3.05, 3.63) is 65.2 Å². The molecule has 1 aliphatic heterocycles. The van der Waals surface area contributed by atoms with Crippen LogP contribution in [0.15, 0.2) is 53.4 Å². The summed E-state index contributed by atoms with van der Waals surface area (Å²) in [7, 11) is -7.17. The fraction of sp³-hybridized carbons (Fsp3) is 0.435. The van der Waals surface area contributed by atoms with Gasteiger partial charge in [0.05, 0.1) is 10.6 Å². The third kappa shape index (κ3) is 6.63. The first kappa shape index (κ1) is 25.4. The van der Waals surface area contributed by atoms with Crippen molar-refractivity contribution in [3.8, 4) is 0 Å². The average molecular weight is 494 g/mol. The predicted molar refractivity (Wildman–Crippen MR) is 127 cm³/mol. The van der Waals surface area contributed by atoms with E-state index in [9.17, 15) is 21.6 Å². The van der Waals surface area contributed by atoms with E-state index in [0.717, 1.165) is 11.1 Å². The summed E-state index contributed by atoms with van der Waals surface area (Å²) in [5, 5.41) is 2.82. The molecule has 1 atom stereocenters. The topological polar surface area (TPSA) is 113 Å². The smallest absolute Gasteiger partial charge is 0.243 e. The molecule has 0 aromatic heterocycles. The molecule has 2 aromatic rings. The lowest BCUT2D eigenvalue weighted by molar-refractivity contribution is -0.124. The standard InChI is InChI=1S/C23H31N3O5S2/c1-17(2)25-32(28,29)16-20-10-8-19(9-11-20)15-24-23(27)22-5-4-14-26(22)33(30,31)21-12-6-18(3)7-13-21/h6-13,17,22,25H,4-5,14-16H2,1-3H3,(H,24,27)/t22-/m0/s1. The van der Waals surface area contributed by atoms with E-state index in [4.69, 9.17) is 0 Å². The van der Waals surface area contributed by atoms with Crippen molar-refractivity contribution in [1.82, 2.24) is 14.3 Å². The van der Waals surface area contributed by atoms with Gasteiger partial charge in [-0.25, -0.2) is 21.6 Å². The molecule has 2 aromatic carbocycles. The number of aryl methyl sites for hydroxylation is 1. The molecule has 0 aliphatic carbocycles. The third-order valence-electron chi connectivity index (χ3n) is 5.40. The first-order chi connectivity index (χ1) is 15.5. The molecule has 1 heterocycles. The summed E-state index contributed by atoms with van der Waals surface area (Å²) < 4.78 is 54.0. The number of sulfonamides is 2. The molecule has 33 heavy (non-hydrogen) atoms. The molecular weight excluding hydrogens is 462 g/mol. The molecule has 8 nitrogen and oxygen atoms in total. The Morgan fingerprint density at radius 2 is 1.61 bits per heavy atom. The quantitative estimate of drug-likeness (QED) is 0.557. The van der Waals surface area contributed by atoms with Gasteiger partial charge in [-0.15, -0.1) is 0 Å². The van der Waals surface area contributed by atoms with Crippen LogP contribution in [0.2, 0.25) is 0 Å². The SMILES string of the molecule is Cc1ccc(S(=O)(=O)N2CCC[C@H]2C(=O)NCc2ccc(CS(=O)(=O)NC(C)C)cc2)cc1. The molecule has 2 N–H and O–H groups in total. The summed E-state index contributed by atoms with van der Waals surface area (Å²) in [4.78, 5) is 13.0. The van der Waals surface area contributed by atoms with Crippen molar-refractivity contribution < 1.29 is 21.6 Å². The van der Waals surface area contributed by atoms with Gasteiger partial charge in [0.25, 0.3) is 0 Å². The Balaban J connectivity index is 1.61. The van der Waals surface area contributed by atoms with Gasteiger partial charge in [0, 0.05) is 19.1 Å². The zero-order valence-corrected chi connectivity index (χ0v) is 20.7. The summed E-state index contributed by atoms with van der Waals surface area (Å²) in [6.45, 7) is 5.95. The summed E-state index contributed by atoms with van der Waals surface area (Å²) >= 11 is 0. The van der Waals surface area contributed by atoms with Gasteiger partial charge < -0.3 is 5.32 Å². The maximum atomic E-state index is 13.0. The van der Waals surface area contributed by atoms with E-state index in [1.807, 2.05) is 6.92 Å². The minimum absolute atomic E-state index is 0.119. The van der Waals surface area contributed by atoms with Gasteiger partial charge in [0.15, 0.2) is 0 Å². The van der Waals surface area contributed by atoms with Gasteiger partial charge in [0.1, 0.15) is 6.04 Å². The van der Waals surface area contributed by atoms with E-state index in [-0.39, 0.29) is 29.1 Å². The number of hydrogen-bond acceptors (Lipinski definition) is 5. The number of rotatable bonds is 9. The molecular formula is C23H31N3O5S2. The van der Waals surface area contributed by atoms with Crippen molar-refractivity contribution in [2.75, 3.05) is 6.54 Å². The van der Waals surface area contributed by atoms with E-state index in [2.05, 4.69) is 10.0 Å². The second-order valence-corrected chi connectivity index (χ2v) is 12.3. The fourth-order valence-electron chi connectivity index (χ4n) is 3.82. The Bertz CT molecular complexity index is 1180. The molecule has 180 valence electrons. The molecule has 1 aliphatic rings. The average Bonchev–Trinajstić information content (AvgIpc) is 3.23. The molecule has 1 fully saturated rings. The van der Waals surface area contributed by atoms with E-state index in [1.165, 1.54) is 4.31 Å². The van der Waals surface area contributed by atoms with Crippen LogP contribution >= 0.6 is 0 Å². The number of carbonyl (C=O) groups is 1. The number of carbonyl (C=O) groups excluding carboxylic acids is 1. The second-order valence-electron chi connectivity index (χ2n) is 8.65. The Hall–Kier alpha value is -2.27. The summed E-state index contributed by atoms with van der Waals surface area (Å²) in [5.74, 6) is -0.456. The minimum Gasteiger partial charge on any atom is -0.351 e. The van der Waals surface area contributed by atoms with E-state index >= 15 is 0 Å². The molecule has 0 bridgehead atoms. The molecule has 0 unspecified atom stereocenters. The fourth-order valence-corrected chi connectivity index (χ4v) is 6.91. The lowest BCUT2D eigenvalue weighted by Gasteiger charge is -2.23. The lowest BCUT2D eigenvalue weighted by atomic mass is 10.1. The molecule has 0 radical (unpaired) electrons. The van der Waals surface area contributed by atoms with Gasteiger partial charge in [-0.05, 0) is 56.9 Å². The molecule has 10 heteroatoms. The largest absolute Gasteiger partial charge is 0.351 e. The maximum absolute atomic E-state index is 13.0. The molecule has 0 spiro atoms. The molecule has 3 rings (SSSR count). The summed E-state index contributed by atoms with van der Waals surface area (Å²) in [6, 6.07) is 12.6. The minimum atomic E-state index is -3.75. The van der Waals surface area contributed by atoms with Crippen LogP contribution in [-0.2, 0) is 37.1 Å². The van der Waals surface area contributed by atoms with Gasteiger partial charge in [-0.3, -0.25) is 4.79 Å². The first-order valence-electron chi connectivity index (χ1n) is 10.9. The summed E-state index contributed by atoms with van der Waals surface area (Å²) in [5.41, 5.74) is 2.40. The van der Waals surface area contributed by atoms with Crippen molar-refractivity contribution >= 4 is 26.0 Å². The van der Waals surface area contributed by atoms with Crippen molar-refractivity contribution in [2.24, 2.45) is 0 Å². The Morgan fingerprint density at radius 3 is 2.21 bits per heavy atom.